The Labute approximate surface area is 60.2 Å². The molecule has 1 rings (SSSR count). The minimum absolute atomic E-state index is 0.863. The molecule has 4 heteroatoms. The van der Waals surface area contributed by atoms with Crippen LogP contribution in [-0.2, 0) is 6.42 Å². The second-order valence-corrected chi connectivity index (χ2v) is 1.92. The molecular formula is C6H11N4. The molecule has 0 amide bonds. The van der Waals surface area contributed by atoms with Crippen LogP contribution in [0.1, 0.15) is 19.7 Å². The molecule has 1 aromatic rings. The van der Waals surface area contributed by atoms with Gasteiger partial charge in [-0.2, -0.15) is 0 Å². The smallest absolute Gasteiger partial charge is 0.222 e. The van der Waals surface area contributed by atoms with Crippen molar-refractivity contribution in [1.29, 1.82) is 0 Å². The van der Waals surface area contributed by atoms with Gasteiger partial charge < -0.3 is 5.43 Å². The Kier molecular flexibility index (Phi) is 2.25. The summed E-state index contributed by atoms with van der Waals surface area (Å²) in [5.74, 6) is 0.918. The number of hydrogen-bond acceptors (Lipinski definition) is 3. The first-order valence-electron chi connectivity index (χ1n) is 3.44. The van der Waals surface area contributed by atoms with Crippen LogP contribution in [0.2, 0.25) is 0 Å². The number of aryl methyl sites for hydroxylation is 1. The Balaban J connectivity index is 2.70. The van der Waals surface area contributed by atoms with Crippen LogP contribution < -0.4 is 5.43 Å². The highest BCUT2D eigenvalue weighted by Gasteiger charge is 1.98. The molecule has 0 spiro atoms. The average molecular weight is 139 g/mol. The van der Waals surface area contributed by atoms with Crippen molar-refractivity contribution in [2.75, 3.05) is 12.0 Å². The van der Waals surface area contributed by atoms with Crippen molar-refractivity contribution in [3.05, 3.63) is 12.2 Å². The highest BCUT2D eigenvalue weighted by molar-refractivity contribution is 4.86. The molecule has 0 saturated heterocycles. The van der Waals surface area contributed by atoms with Gasteiger partial charge >= 0.3 is 0 Å². The Morgan fingerprint density at radius 1 is 1.60 bits per heavy atom. The predicted octanol–water partition coefficient (Wildman–Crippen LogP) is 0.204. The lowest BCUT2D eigenvalue weighted by Crippen LogP contribution is -2.15. The third-order valence-corrected chi connectivity index (χ3v) is 1.20. The fourth-order valence-corrected chi connectivity index (χ4v) is 0.741. The fraction of sp³-hybridized carbons (Fsp3) is 0.667. The highest BCUT2D eigenvalue weighted by atomic mass is 15.5. The third-order valence-electron chi connectivity index (χ3n) is 1.20. The first-order valence-corrected chi connectivity index (χ1v) is 3.44. The molecule has 1 N–H and O–H groups in total. The standard InChI is InChI=1S/C6H11N4/c1-3-6-9-7-5-10(6)8-4-2/h8H,3-4H2,1-2H3. The Hall–Kier alpha value is -1.06. The van der Waals surface area contributed by atoms with Gasteiger partial charge in [0, 0.05) is 13.0 Å². The fourth-order valence-electron chi connectivity index (χ4n) is 0.741. The van der Waals surface area contributed by atoms with Gasteiger partial charge in [-0.05, 0) is 6.92 Å². The minimum Gasteiger partial charge on any atom is -0.323 e. The second-order valence-electron chi connectivity index (χ2n) is 1.92. The second kappa shape index (κ2) is 3.20. The van der Waals surface area contributed by atoms with E-state index in [4.69, 9.17) is 0 Å². The first kappa shape index (κ1) is 7.05. The van der Waals surface area contributed by atoms with E-state index in [0.29, 0.717) is 0 Å². The molecule has 0 fully saturated rings. The van der Waals surface area contributed by atoms with Crippen LogP contribution in [-0.4, -0.2) is 21.4 Å². The summed E-state index contributed by atoms with van der Waals surface area (Å²) < 4.78 is 1.72. The summed E-state index contributed by atoms with van der Waals surface area (Å²) in [5.41, 5.74) is 3.04. The highest BCUT2D eigenvalue weighted by Crippen LogP contribution is 1.90. The van der Waals surface area contributed by atoms with Gasteiger partial charge in [-0.3, -0.25) is 0 Å². The molecule has 1 aromatic heterocycles. The van der Waals surface area contributed by atoms with E-state index in [1.54, 1.807) is 4.68 Å². The molecule has 4 nitrogen and oxygen atoms in total. The summed E-state index contributed by atoms with van der Waals surface area (Å²) in [7, 11) is 0. The van der Waals surface area contributed by atoms with Crippen LogP contribution in [0.25, 0.3) is 0 Å². The van der Waals surface area contributed by atoms with Crippen LogP contribution in [0.4, 0.5) is 0 Å². The lowest BCUT2D eigenvalue weighted by molar-refractivity contribution is 0.781. The van der Waals surface area contributed by atoms with E-state index in [1.165, 1.54) is 0 Å². The van der Waals surface area contributed by atoms with Gasteiger partial charge in [0.05, 0.1) is 0 Å². The molecule has 0 unspecified atom stereocenters. The molecule has 0 atom stereocenters. The number of nitrogens with one attached hydrogen (secondary N) is 1. The average Bonchev–Trinajstić information content (AvgIpc) is 2.36. The van der Waals surface area contributed by atoms with Gasteiger partial charge in [0.2, 0.25) is 6.33 Å². The number of hydrogen-bond donors (Lipinski definition) is 1. The Morgan fingerprint density at radius 2 is 2.40 bits per heavy atom. The van der Waals surface area contributed by atoms with Crippen molar-refractivity contribution >= 4 is 0 Å². The largest absolute Gasteiger partial charge is 0.323 e. The maximum Gasteiger partial charge on any atom is 0.222 e. The van der Waals surface area contributed by atoms with Gasteiger partial charge in [0.15, 0.2) is 5.82 Å². The van der Waals surface area contributed by atoms with E-state index >= 15 is 0 Å². The summed E-state index contributed by atoms with van der Waals surface area (Å²) in [6.07, 6.45) is 3.58. The summed E-state index contributed by atoms with van der Waals surface area (Å²) in [4.78, 5) is 0. The summed E-state index contributed by atoms with van der Waals surface area (Å²) in [6.45, 7) is 4.92. The third kappa shape index (κ3) is 1.26. The Morgan fingerprint density at radius 3 is 3.00 bits per heavy atom. The van der Waals surface area contributed by atoms with Crippen molar-refractivity contribution in [3.8, 4) is 0 Å². The van der Waals surface area contributed by atoms with Crippen LogP contribution in [0.15, 0.2) is 0 Å². The lowest BCUT2D eigenvalue weighted by Gasteiger charge is -2.03. The lowest BCUT2D eigenvalue weighted by atomic mass is 10.5. The van der Waals surface area contributed by atoms with E-state index in [1.807, 2.05) is 13.8 Å². The van der Waals surface area contributed by atoms with E-state index < -0.39 is 0 Å². The molecule has 0 aromatic carbocycles. The zero-order chi connectivity index (χ0) is 7.40. The molecular weight excluding hydrogens is 128 g/mol. The number of rotatable bonds is 3. The summed E-state index contributed by atoms with van der Waals surface area (Å²) in [6, 6.07) is 0. The normalized spacial score (nSPS) is 9.80. The van der Waals surface area contributed by atoms with E-state index in [0.717, 1.165) is 18.8 Å². The van der Waals surface area contributed by atoms with Crippen LogP contribution >= 0.6 is 0 Å². The van der Waals surface area contributed by atoms with Crippen LogP contribution in [0, 0.1) is 6.33 Å². The first-order chi connectivity index (χ1) is 4.88. The number of nitrogens with zero attached hydrogens (tertiary/aromatic N) is 3. The molecule has 1 heterocycles. The predicted molar refractivity (Wildman–Crippen MR) is 38.1 cm³/mol. The number of aromatic nitrogens is 3. The van der Waals surface area contributed by atoms with Crippen molar-refractivity contribution in [2.45, 2.75) is 20.3 Å². The van der Waals surface area contributed by atoms with E-state index in [9.17, 15) is 0 Å². The monoisotopic (exact) mass is 139 g/mol. The topological polar surface area (TPSA) is 42.7 Å². The van der Waals surface area contributed by atoms with Gasteiger partial charge in [-0.1, -0.05) is 6.92 Å². The summed E-state index contributed by atoms with van der Waals surface area (Å²) in [5, 5.41) is 7.49. The molecule has 0 aliphatic rings. The Bertz CT molecular complexity index is 193. The van der Waals surface area contributed by atoms with Crippen LogP contribution in [0.3, 0.4) is 0 Å². The van der Waals surface area contributed by atoms with Crippen molar-refractivity contribution in [3.63, 3.8) is 0 Å². The molecule has 0 bridgehead atoms. The molecule has 0 saturated carbocycles. The zero-order valence-electron chi connectivity index (χ0n) is 6.26. The molecule has 0 aliphatic carbocycles. The molecule has 0 aliphatic heterocycles. The molecule has 55 valence electrons. The maximum atomic E-state index is 3.85. The minimum atomic E-state index is 0.863. The zero-order valence-corrected chi connectivity index (χ0v) is 6.26. The molecule has 1 radical (unpaired) electrons. The van der Waals surface area contributed by atoms with Gasteiger partial charge in [0.25, 0.3) is 0 Å². The van der Waals surface area contributed by atoms with Crippen LogP contribution in [0.5, 0.6) is 0 Å². The van der Waals surface area contributed by atoms with Crippen molar-refractivity contribution in [2.24, 2.45) is 0 Å². The van der Waals surface area contributed by atoms with Gasteiger partial charge in [-0.25, -0.2) is 4.68 Å². The molecule has 10 heavy (non-hydrogen) atoms. The maximum absolute atomic E-state index is 3.85. The van der Waals surface area contributed by atoms with Crippen molar-refractivity contribution < 1.29 is 0 Å². The van der Waals surface area contributed by atoms with E-state index in [-0.39, 0.29) is 0 Å². The quantitative estimate of drug-likeness (QED) is 0.650. The van der Waals surface area contributed by atoms with Gasteiger partial charge in [0.1, 0.15) is 0 Å². The SMILES string of the molecule is CCNn1[c]nnc1CC. The summed E-state index contributed by atoms with van der Waals surface area (Å²) >= 11 is 0. The van der Waals surface area contributed by atoms with Gasteiger partial charge in [-0.15, -0.1) is 10.2 Å². The van der Waals surface area contributed by atoms with Crippen molar-refractivity contribution in [1.82, 2.24) is 14.9 Å². The van der Waals surface area contributed by atoms with E-state index in [2.05, 4.69) is 22.0 Å².